The highest BCUT2D eigenvalue weighted by Gasteiger charge is 2.44. The SMILES string of the molecule is CCCc1ccc2c(c1Cl)OC(F)(F)O2. The molecule has 1 heterocycles. The van der Waals surface area contributed by atoms with Gasteiger partial charge in [0, 0.05) is 0 Å². The van der Waals surface area contributed by atoms with E-state index in [2.05, 4.69) is 9.47 Å². The third-order valence-electron chi connectivity index (χ3n) is 2.11. The van der Waals surface area contributed by atoms with Gasteiger partial charge in [0.1, 0.15) is 0 Å². The summed E-state index contributed by atoms with van der Waals surface area (Å²) in [4.78, 5) is 0. The maximum absolute atomic E-state index is 12.7. The third kappa shape index (κ3) is 1.86. The predicted octanol–water partition coefficient (Wildman–Crippen LogP) is 3.61. The fraction of sp³-hybridized carbons (Fsp3) is 0.400. The molecule has 1 aromatic carbocycles. The van der Waals surface area contributed by atoms with Crippen LogP contribution >= 0.6 is 11.6 Å². The zero-order valence-electron chi connectivity index (χ0n) is 8.02. The first-order chi connectivity index (χ1) is 7.03. The molecule has 0 fully saturated rings. The number of ether oxygens (including phenoxy) is 2. The molecule has 0 N–H and O–H groups in total. The molecule has 0 radical (unpaired) electrons. The Morgan fingerprint density at radius 3 is 2.73 bits per heavy atom. The van der Waals surface area contributed by atoms with E-state index in [1.807, 2.05) is 6.92 Å². The summed E-state index contributed by atoms with van der Waals surface area (Å²) in [5, 5.41) is 0.214. The van der Waals surface area contributed by atoms with Gasteiger partial charge in [-0.1, -0.05) is 31.0 Å². The molecule has 5 heteroatoms. The molecule has 1 aliphatic rings. The van der Waals surface area contributed by atoms with E-state index in [-0.39, 0.29) is 16.5 Å². The van der Waals surface area contributed by atoms with Crippen LogP contribution in [0.3, 0.4) is 0 Å². The first kappa shape index (κ1) is 10.5. The Labute approximate surface area is 90.7 Å². The molecule has 0 spiro atoms. The van der Waals surface area contributed by atoms with Gasteiger partial charge in [-0.15, -0.1) is 8.78 Å². The van der Waals surface area contributed by atoms with E-state index >= 15 is 0 Å². The molecule has 0 aliphatic carbocycles. The fourth-order valence-corrected chi connectivity index (χ4v) is 1.77. The fourth-order valence-electron chi connectivity index (χ4n) is 1.48. The second-order valence-electron chi connectivity index (χ2n) is 3.28. The van der Waals surface area contributed by atoms with Gasteiger partial charge >= 0.3 is 6.29 Å². The highest BCUT2D eigenvalue weighted by atomic mass is 35.5. The van der Waals surface area contributed by atoms with Crippen LogP contribution in [-0.4, -0.2) is 6.29 Å². The summed E-state index contributed by atoms with van der Waals surface area (Å²) in [5.74, 6) is -0.0718. The Morgan fingerprint density at radius 2 is 2.07 bits per heavy atom. The average molecular weight is 235 g/mol. The van der Waals surface area contributed by atoms with Crippen LogP contribution in [0.15, 0.2) is 12.1 Å². The first-order valence-corrected chi connectivity index (χ1v) is 4.98. The third-order valence-corrected chi connectivity index (χ3v) is 2.52. The molecule has 0 saturated carbocycles. The minimum atomic E-state index is -3.60. The van der Waals surface area contributed by atoms with Crippen LogP contribution in [0.25, 0.3) is 0 Å². The molecule has 0 unspecified atom stereocenters. The standard InChI is InChI=1S/C10H9ClF2O2/c1-2-3-6-4-5-7-9(8(6)11)15-10(12,13)14-7/h4-5H,2-3H2,1H3. The van der Waals surface area contributed by atoms with Crippen LogP contribution < -0.4 is 9.47 Å². The van der Waals surface area contributed by atoms with Crippen molar-refractivity contribution in [3.8, 4) is 11.5 Å². The van der Waals surface area contributed by atoms with Gasteiger partial charge in [0.2, 0.25) is 0 Å². The minimum Gasteiger partial charge on any atom is -0.395 e. The zero-order chi connectivity index (χ0) is 11.1. The van der Waals surface area contributed by atoms with Gasteiger partial charge in [-0.25, -0.2) is 0 Å². The van der Waals surface area contributed by atoms with Crippen molar-refractivity contribution in [1.82, 2.24) is 0 Å². The van der Waals surface area contributed by atoms with Crippen molar-refractivity contribution < 1.29 is 18.3 Å². The van der Waals surface area contributed by atoms with Crippen LogP contribution in [0, 0.1) is 0 Å². The molecule has 1 aliphatic heterocycles. The molecule has 0 amide bonds. The lowest BCUT2D eigenvalue weighted by molar-refractivity contribution is -0.286. The molecule has 1 aromatic rings. The van der Waals surface area contributed by atoms with E-state index in [0.29, 0.717) is 0 Å². The Balaban J connectivity index is 2.39. The summed E-state index contributed by atoms with van der Waals surface area (Å²) in [7, 11) is 0. The monoisotopic (exact) mass is 234 g/mol. The number of fused-ring (bicyclic) bond motifs is 1. The summed E-state index contributed by atoms with van der Waals surface area (Å²) in [6, 6.07) is 3.13. The maximum Gasteiger partial charge on any atom is 0.586 e. The smallest absolute Gasteiger partial charge is 0.395 e. The van der Waals surface area contributed by atoms with Crippen LogP contribution in [0.2, 0.25) is 5.02 Å². The van der Waals surface area contributed by atoms with Crippen LogP contribution in [0.5, 0.6) is 11.5 Å². The quantitative estimate of drug-likeness (QED) is 0.778. The molecule has 15 heavy (non-hydrogen) atoms. The Hall–Kier alpha value is -1.03. The lowest BCUT2D eigenvalue weighted by atomic mass is 10.1. The second-order valence-corrected chi connectivity index (χ2v) is 3.66. The van der Waals surface area contributed by atoms with E-state index in [1.165, 1.54) is 6.07 Å². The Kier molecular flexibility index (Phi) is 2.46. The van der Waals surface area contributed by atoms with E-state index in [0.717, 1.165) is 18.4 Å². The zero-order valence-corrected chi connectivity index (χ0v) is 8.78. The number of aryl methyl sites for hydroxylation is 1. The van der Waals surface area contributed by atoms with E-state index in [9.17, 15) is 8.78 Å². The molecule has 82 valence electrons. The number of hydrogen-bond donors (Lipinski definition) is 0. The summed E-state index contributed by atoms with van der Waals surface area (Å²) >= 11 is 5.92. The lowest BCUT2D eigenvalue weighted by Crippen LogP contribution is -2.26. The summed E-state index contributed by atoms with van der Waals surface area (Å²) in [6.45, 7) is 1.98. The van der Waals surface area contributed by atoms with Gasteiger partial charge < -0.3 is 9.47 Å². The van der Waals surface area contributed by atoms with Gasteiger partial charge in [-0.3, -0.25) is 0 Å². The highest BCUT2D eigenvalue weighted by molar-refractivity contribution is 6.33. The van der Waals surface area contributed by atoms with Crippen molar-refractivity contribution in [3.63, 3.8) is 0 Å². The number of rotatable bonds is 2. The molecule has 0 bridgehead atoms. The normalized spacial score (nSPS) is 16.8. The molecule has 2 nitrogen and oxygen atoms in total. The first-order valence-electron chi connectivity index (χ1n) is 4.60. The van der Waals surface area contributed by atoms with E-state index in [1.54, 1.807) is 6.07 Å². The Bertz CT molecular complexity index is 393. The summed E-state index contributed by atoms with van der Waals surface area (Å²) < 4.78 is 34.1. The Morgan fingerprint density at radius 1 is 1.33 bits per heavy atom. The number of hydrogen-bond acceptors (Lipinski definition) is 2. The van der Waals surface area contributed by atoms with Gasteiger partial charge in [-0.2, -0.15) is 0 Å². The van der Waals surface area contributed by atoms with E-state index in [4.69, 9.17) is 11.6 Å². The lowest BCUT2D eigenvalue weighted by Gasteiger charge is -2.05. The predicted molar refractivity (Wildman–Crippen MR) is 51.7 cm³/mol. The maximum atomic E-state index is 12.7. The van der Waals surface area contributed by atoms with Crippen molar-refractivity contribution in [3.05, 3.63) is 22.7 Å². The van der Waals surface area contributed by atoms with Crippen molar-refractivity contribution in [1.29, 1.82) is 0 Å². The van der Waals surface area contributed by atoms with Crippen LogP contribution in [0.4, 0.5) is 8.78 Å². The molecular formula is C10H9ClF2O2. The van der Waals surface area contributed by atoms with Gasteiger partial charge in [0.25, 0.3) is 0 Å². The number of halogens is 3. The van der Waals surface area contributed by atoms with Gasteiger partial charge in [-0.05, 0) is 18.1 Å². The largest absolute Gasteiger partial charge is 0.586 e. The molecule has 0 aromatic heterocycles. The molecule has 0 saturated heterocycles. The van der Waals surface area contributed by atoms with Crippen molar-refractivity contribution in [2.24, 2.45) is 0 Å². The van der Waals surface area contributed by atoms with Crippen molar-refractivity contribution >= 4 is 11.6 Å². The van der Waals surface area contributed by atoms with Gasteiger partial charge in [0.15, 0.2) is 11.5 Å². The highest BCUT2D eigenvalue weighted by Crippen LogP contribution is 2.46. The van der Waals surface area contributed by atoms with Crippen LogP contribution in [0.1, 0.15) is 18.9 Å². The van der Waals surface area contributed by atoms with Crippen molar-refractivity contribution in [2.75, 3.05) is 0 Å². The number of benzene rings is 1. The average Bonchev–Trinajstić information content (AvgIpc) is 2.46. The second kappa shape index (κ2) is 3.52. The summed E-state index contributed by atoms with van der Waals surface area (Å²) in [5.41, 5.74) is 0.791. The van der Waals surface area contributed by atoms with Crippen molar-refractivity contribution in [2.45, 2.75) is 26.1 Å². The molecular weight excluding hydrogens is 226 g/mol. The molecule has 0 atom stereocenters. The van der Waals surface area contributed by atoms with Gasteiger partial charge in [0.05, 0.1) is 5.02 Å². The van der Waals surface area contributed by atoms with E-state index < -0.39 is 6.29 Å². The minimum absolute atomic E-state index is 0.00940. The van der Waals surface area contributed by atoms with Crippen LogP contribution in [-0.2, 0) is 6.42 Å². The number of alkyl halides is 2. The summed E-state index contributed by atoms with van der Waals surface area (Å²) in [6.07, 6.45) is -1.99. The molecule has 2 rings (SSSR count). The topological polar surface area (TPSA) is 18.5 Å².